The Labute approximate surface area is 90.2 Å². The van der Waals surface area contributed by atoms with Gasteiger partial charge in [-0.05, 0) is 18.2 Å². The number of phenols is 1. The van der Waals surface area contributed by atoms with Crippen LogP contribution in [0.4, 0.5) is 0 Å². The first kappa shape index (κ1) is 11.5. The molecule has 0 aliphatic rings. The molecule has 0 saturated heterocycles. The molecule has 0 heterocycles. The number of rotatable bonds is 1. The van der Waals surface area contributed by atoms with E-state index >= 15 is 0 Å². The maximum absolute atomic E-state index is 9.11. The summed E-state index contributed by atoms with van der Waals surface area (Å²) in [4.78, 5) is 0. The van der Waals surface area contributed by atoms with Crippen LogP contribution in [-0.4, -0.2) is 16.5 Å². The number of halogens is 1. The van der Waals surface area contributed by atoms with Crippen LogP contribution < -0.4 is 0 Å². The third-order valence-corrected chi connectivity index (χ3v) is 1.42. The van der Waals surface area contributed by atoms with E-state index in [0.29, 0.717) is 10.6 Å². The minimum Gasteiger partial charge on any atom is -0.507 e. The molecule has 5 heteroatoms. The summed E-state index contributed by atoms with van der Waals surface area (Å²) in [6.45, 7) is 0. The van der Waals surface area contributed by atoms with Crippen LogP contribution in [0.15, 0.2) is 23.4 Å². The fourth-order valence-electron chi connectivity index (χ4n) is 0.691. The first-order chi connectivity index (χ1) is 5.24. The summed E-state index contributed by atoms with van der Waals surface area (Å²) in [6, 6.07) is 4.47. The van der Waals surface area contributed by atoms with Crippen LogP contribution in [0.1, 0.15) is 5.56 Å². The zero-order valence-corrected chi connectivity index (χ0v) is 8.07. The van der Waals surface area contributed by atoms with E-state index in [9.17, 15) is 0 Å². The Morgan fingerprint density at radius 1 is 1.42 bits per heavy atom. The van der Waals surface area contributed by atoms with Gasteiger partial charge in [0, 0.05) is 33.0 Å². The number of hydrogen-bond donors (Lipinski definition) is 2. The summed E-state index contributed by atoms with van der Waals surface area (Å²) >= 11 is 5.60. The zero-order chi connectivity index (χ0) is 8.27. The van der Waals surface area contributed by atoms with E-state index in [1.54, 1.807) is 6.07 Å². The molecule has 69 valence electrons. The average Bonchev–Trinajstić information content (AvgIpc) is 1.98. The fraction of sp³-hybridized carbons (Fsp3) is 0. The Balaban J connectivity index is 0.00000121. The van der Waals surface area contributed by atoms with Crippen LogP contribution in [-0.2, 0) is 22.4 Å². The van der Waals surface area contributed by atoms with Gasteiger partial charge in [-0.2, -0.15) is 0 Å². The second kappa shape index (κ2) is 5.22. The van der Waals surface area contributed by atoms with Crippen molar-refractivity contribution in [3.63, 3.8) is 0 Å². The molecule has 1 rings (SSSR count). The van der Waals surface area contributed by atoms with Gasteiger partial charge in [0.1, 0.15) is 5.75 Å². The topological polar surface area (TPSA) is 52.8 Å². The quantitative estimate of drug-likeness (QED) is 0.357. The normalized spacial score (nSPS) is 9.75. The van der Waals surface area contributed by atoms with Gasteiger partial charge in [-0.3, -0.25) is 0 Å². The van der Waals surface area contributed by atoms with Crippen molar-refractivity contribution in [3.8, 4) is 5.75 Å². The second-order valence-electron chi connectivity index (χ2n) is 1.95. The van der Waals surface area contributed by atoms with Crippen LogP contribution in [0.25, 0.3) is 0 Å². The van der Waals surface area contributed by atoms with E-state index in [1.165, 1.54) is 12.1 Å². The molecule has 0 aliphatic heterocycles. The van der Waals surface area contributed by atoms with Gasteiger partial charge in [0.25, 0.3) is 0 Å². The number of benzene rings is 1. The number of hydrogen-bond acceptors (Lipinski definition) is 3. The van der Waals surface area contributed by atoms with Gasteiger partial charge in [-0.25, -0.2) is 0 Å². The van der Waals surface area contributed by atoms with E-state index in [4.69, 9.17) is 21.9 Å². The Morgan fingerprint density at radius 2 is 2.08 bits per heavy atom. The van der Waals surface area contributed by atoms with E-state index in [2.05, 4.69) is 5.16 Å². The number of oxime groups is 1. The summed E-state index contributed by atoms with van der Waals surface area (Å²) in [5.74, 6) is 0.0344. The van der Waals surface area contributed by atoms with Crippen LogP contribution >= 0.6 is 11.6 Å². The Hall–Kier alpha value is -0.480. The van der Waals surface area contributed by atoms with Gasteiger partial charge in [-0.1, -0.05) is 16.8 Å². The van der Waals surface area contributed by atoms with Crippen molar-refractivity contribution in [2.75, 3.05) is 0 Å². The molecule has 1 aromatic carbocycles. The van der Waals surface area contributed by atoms with Crippen LogP contribution in [0.3, 0.4) is 0 Å². The van der Waals surface area contributed by atoms with Gasteiger partial charge < -0.3 is 10.3 Å². The first-order valence-corrected chi connectivity index (χ1v) is 3.28. The summed E-state index contributed by atoms with van der Waals surface area (Å²) in [7, 11) is 0. The largest absolute Gasteiger partial charge is 0.507 e. The summed E-state index contributed by atoms with van der Waals surface area (Å²) in [5, 5.41) is 20.5. The smallest absolute Gasteiger partial charge is 0.124 e. The molecular weight excluding hydrogens is 273 g/mol. The molecule has 0 spiro atoms. The van der Waals surface area contributed by atoms with Crippen molar-refractivity contribution < 1.29 is 32.7 Å². The Bertz CT molecular complexity index is 291. The number of aromatic hydroxyl groups is 1. The monoisotopic (exact) mass is 278 g/mol. The standard InChI is InChI=1S/C7H6ClNO2.Ag/c8-6-1-2-7(10)5(3-6)4-9-11;/h1-4,10-11H;/b9-4-;. The third-order valence-electron chi connectivity index (χ3n) is 1.19. The molecule has 12 heavy (non-hydrogen) atoms. The molecule has 0 amide bonds. The first-order valence-electron chi connectivity index (χ1n) is 2.90. The van der Waals surface area contributed by atoms with Crippen LogP contribution in [0.5, 0.6) is 5.75 Å². The van der Waals surface area contributed by atoms with Crippen molar-refractivity contribution in [2.24, 2.45) is 5.16 Å². The van der Waals surface area contributed by atoms with E-state index in [-0.39, 0.29) is 28.1 Å². The molecular formula is C7H6AgClNO2. The molecule has 1 aromatic rings. The van der Waals surface area contributed by atoms with E-state index < -0.39 is 0 Å². The molecule has 0 saturated carbocycles. The zero-order valence-electron chi connectivity index (χ0n) is 5.83. The molecule has 0 atom stereocenters. The predicted octanol–water partition coefficient (Wildman–Crippen LogP) is 1.85. The van der Waals surface area contributed by atoms with Gasteiger partial charge in [-0.15, -0.1) is 0 Å². The molecule has 0 aromatic heterocycles. The Kier molecular flexibility index (Phi) is 5.01. The summed E-state index contributed by atoms with van der Waals surface area (Å²) < 4.78 is 0. The molecule has 3 nitrogen and oxygen atoms in total. The molecule has 2 N–H and O–H groups in total. The average molecular weight is 279 g/mol. The van der Waals surface area contributed by atoms with Gasteiger partial charge in [0.15, 0.2) is 0 Å². The van der Waals surface area contributed by atoms with E-state index in [1.807, 2.05) is 0 Å². The molecule has 0 aliphatic carbocycles. The number of nitrogens with zero attached hydrogens (tertiary/aromatic N) is 1. The SMILES string of the molecule is O/N=C\c1cc(Cl)ccc1O.[Ag]. The maximum atomic E-state index is 9.11. The van der Waals surface area contributed by atoms with Crippen LogP contribution in [0, 0.1) is 0 Å². The van der Waals surface area contributed by atoms with Gasteiger partial charge >= 0.3 is 0 Å². The summed E-state index contributed by atoms with van der Waals surface area (Å²) in [5.41, 5.74) is 0.389. The Morgan fingerprint density at radius 3 is 2.67 bits per heavy atom. The van der Waals surface area contributed by atoms with Crippen molar-refractivity contribution in [1.82, 2.24) is 0 Å². The molecule has 0 bridgehead atoms. The van der Waals surface area contributed by atoms with Crippen molar-refractivity contribution in [1.29, 1.82) is 0 Å². The van der Waals surface area contributed by atoms with E-state index in [0.717, 1.165) is 6.21 Å². The molecule has 0 fully saturated rings. The van der Waals surface area contributed by atoms with Crippen molar-refractivity contribution >= 4 is 17.8 Å². The van der Waals surface area contributed by atoms with Gasteiger partial charge in [0.05, 0.1) is 6.21 Å². The molecule has 1 radical (unpaired) electrons. The minimum atomic E-state index is 0. The van der Waals surface area contributed by atoms with Crippen molar-refractivity contribution in [2.45, 2.75) is 0 Å². The maximum Gasteiger partial charge on any atom is 0.124 e. The third kappa shape index (κ3) is 2.87. The minimum absolute atomic E-state index is 0. The number of phenolic OH excluding ortho intramolecular Hbond substituents is 1. The predicted molar refractivity (Wildman–Crippen MR) is 42.5 cm³/mol. The molecule has 0 unspecified atom stereocenters. The van der Waals surface area contributed by atoms with Crippen LogP contribution in [0.2, 0.25) is 5.02 Å². The van der Waals surface area contributed by atoms with Gasteiger partial charge in [0.2, 0.25) is 0 Å². The summed E-state index contributed by atoms with van der Waals surface area (Å²) in [6.07, 6.45) is 1.11. The fourth-order valence-corrected chi connectivity index (χ4v) is 0.872. The van der Waals surface area contributed by atoms with Crippen molar-refractivity contribution in [3.05, 3.63) is 28.8 Å². The second-order valence-corrected chi connectivity index (χ2v) is 2.38.